The Morgan fingerprint density at radius 1 is 1.00 bits per heavy atom. The monoisotopic (exact) mass is 502 g/mol. The van der Waals surface area contributed by atoms with Gasteiger partial charge in [0.05, 0.1) is 12.8 Å². The van der Waals surface area contributed by atoms with Crippen molar-refractivity contribution in [3.8, 4) is 11.4 Å². The number of carbonyl (C=O) groups is 3. The molecule has 0 radical (unpaired) electrons. The lowest BCUT2D eigenvalue weighted by molar-refractivity contribution is -0.120. The number of fused-ring (bicyclic) bond motifs is 1. The number of rotatable bonds is 7. The third-order valence-electron chi connectivity index (χ3n) is 7.23. The van der Waals surface area contributed by atoms with Crippen LogP contribution in [0.2, 0.25) is 0 Å². The number of aromatic carboxylic acids is 1. The summed E-state index contributed by atoms with van der Waals surface area (Å²) in [6, 6.07) is 14.4. The number of carboxylic acid groups (broad SMARTS) is 1. The van der Waals surface area contributed by atoms with E-state index in [4.69, 9.17) is 4.74 Å². The van der Waals surface area contributed by atoms with E-state index in [0.717, 1.165) is 24.9 Å². The lowest BCUT2D eigenvalue weighted by Crippen LogP contribution is -2.39. The zero-order valence-electron chi connectivity index (χ0n) is 21.0. The molecule has 0 spiro atoms. The molecule has 1 N–H and O–H groups in total. The number of aromatic nitrogens is 2. The number of carboxylic acids is 1. The molecular weight excluding hydrogens is 472 g/mol. The minimum Gasteiger partial charge on any atom is -0.497 e. The van der Waals surface area contributed by atoms with Gasteiger partial charge in [0, 0.05) is 36.4 Å². The Kier molecular flexibility index (Phi) is 6.69. The van der Waals surface area contributed by atoms with Gasteiger partial charge in [-0.1, -0.05) is 19.8 Å². The summed E-state index contributed by atoms with van der Waals surface area (Å²) in [6.07, 6.45) is 4.10. The van der Waals surface area contributed by atoms with Crippen molar-refractivity contribution in [1.82, 2.24) is 9.78 Å². The molecule has 9 heteroatoms. The van der Waals surface area contributed by atoms with Crippen LogP contribution in [0, 0.1) is 5.92 Å². The van der Waals surface area contributed by atoms with Crippen molar-refractivity contribution in [2.75, 3.05) is 30.0 Å². The summed E-state index contributed by atoms with van der Waals surface area (Å²) in [6.45, 7) is 3.18. The standard InChI is InChI=1S/C28H30N4O5/c1-3-4-18-13-15-30(24(33)17-18)19-5-7-20(8-6-19)31-16-14-23-25(28(35)36)29-32(26(23)27(31)34)21-9-11-22(37-2)12-10-21/h5-12,18H,3-4,13-17H2,1-2H3,(H,35,36). The van der Waals surface area contributed by atoms with Crippen LogP contribution in [-0.2, 0) is 11.2 Å². The highest BCUT2D eigenvalue weighted by Crippen LogP contribution is 2.32. The third kappa shape index (κ3) is 4.57. The molecule has 2 aliphatic heterocycles. The molecule has 3 heterocycles. The first-order valence-corrected chi connectivity index (χ1v) is 12.6. The van der Waals surface area contributed by atoms with Gasteiger partial charge in [0.25, 0.3) is 5.91 Å². The van der Waals surface area contributed by atoms with Gasteiger partial charge in [-0.2, -0.15) is 5.10 Å². The number of nitrogens with zero attached hydrogens (tertiary/aromatic N) is 4. The number of methoxy groups -OCH3 is 1. The van der Waals surface area contributed by atoms with E-state index in [2.05, 4.69) is 12.0 Å². The molecule has 1 fully saturated rings. The molecule has 5 rings (SSSR count). The van der Waals surface area contributed by atoms with Crippen molar-refractivity contribution in [2.45, 2.75) is 39.0 Å². The molecule has 0 aliphatic carbocycles. The highest BCUT2D eigenvalue weighted by molar-refractivity contribution is 6.09. The number of piperidine rings is 1. The fourth-order valence-corrected chi connectivity index (χ4v) is 5.32. The van der Waals surface area contributed by atoms with Crippen molar-refractivity contribution in [1.29, 1.82) is 0 Å². The highest BCUT2D eigenvalue weighted by atomic mass is 16.5. The Bertz CT molecular complexity index is 1330. The van der Waals surface area contributed by atoms with Crippen LogP contribution in [0.4, 0.5) is 11.4 Å². The Hall–Kier alpha value is -4.14. The van der Waals surface area contributed by atoms with Gasteiger partial charge in [-0.15, -0.1) is 0 Å². The number of anilines is 2. The smallest absolute Gasteiger partial charge is 0.356 e. The number of hydrogen-bond acceptors (Lipinski definition) is 5. The second-order valence-electron chi connectivity index (χ2n) is 9.51. The van der Waals surface area contributed by atoms with E-state index in [1.165, 1.54) is 4.68 Å². The van der Waals surface area contributed by atoms with Crippen molar-refractivity contribution in [2.24, 2.45) is 5.92 Å². The van der Waals surface area contributed by atoms with Crippen molar-refractivity contribution < 1.29 is 24.2 Å². The molecule has 1 aromatic heterocycles. The van der Waals surface area contributed by atoms with Crippen molar-refractivity contribution >= 4 is 29.2 Å². The minimum atomic E-state index is -1.17. The number of carbonyl (C=O) groups excluding carboxylic acids is 2. The average molecular weight is 503 g/mol. The van der Waals surface area contributed by atoms with Gasteiger partial charge in [-0.05, 0) is 67.3 Å². The van der Waals surface area contributed by atoms with Gasteiger partial charge in [-0.3, -0.25) is 9.59 Å². The van der Waals surface area contributed by atoms with Crippen LogP contribution >= 0.6 is 0 Å². The van der Waals surface area contributed by atoms with E-state index in [-0.39, 0.29) is 23.2 Å². The summed E-state index contributed by atoms with van der Waals surface area (Å²) in [4.78, 5) is 41.8. The summed E-state index contributed by atoms with van der Waals surface area (Å²) in [5.41, 5.74) is 2.64. The summed E-state index contributed by atoms with van der Waals surface area (Å²) >= 11 is 0. The van der Waals surface area contributed by atoms with Gasteiger partial charge in [-0.25, -0.2) is 9.48 Å². The lowest BCUT2D eigenvalue weighted by atomic mass is 9.91. The van der Waals surface area contributed by atoms with Crippen LogP contribution in [0.15, 0.2) is 48.5 Å². The predicted octanol–water partition coefficient (Wildman–Crippen LogP) is 4.33. The van der Waals surface area contributed by atoms with Crippen molar-refractivity contribution in [3.05, 3.63) is 65.5 Å². The van der Waals surface area contributed by atoms with Crippen LogP contribution in [0.1, 0.15) is 59.1 Å². The number of amides is 2. The van der Waals surface area contributed by atoms with Crippen molar-refractivity contribution in [3.63, 3.8) is 0 Å². The maximum Gasteiger partial charge on any atom is 0.356 e. The summed E-state index contributed by atoms with van der Waals surface area (Å²) in [5, 5.41) is 14.0. The molecule has 3 aromatic rings. The van der Waals surface area contributed by atoms with Gasteiger partial charge >= 0.3 is 5.97 Å². The fourth-order valence-electron chi connectivity index (χ4n) is 5.32. The molecule has 2 amide bonds. The molecular formula is C28H30N4O5. The SMILES string of the molecule is CCCC1CCN(c2ccc(N3CCc4c(C(=O)O)nn(-c5ccc(OC)cc5)c4C3=O)cc2)C(=O)C1. The fraction of sp³-hybridized carbons (Fsp3) is 0.357. The van der Waals surface area contributed by atoms with Crippen LogP contribution < -0.4 is 14.5 Å². The summed E-state index contributed by atoms with van der Waals surface area (Å²) < 4.78 is 6.61. The normalized spacial score (nSPS) is 17.6. The zero-order chi connectivity index (χ0) is 26.1. The van der Waals surface area contributed by atoms with Crippen LogP contribution in [0.5, 0.6) is 5.75 Å². The molecule has 1 atom stereocenters. The number of ether oxygens (including phenoxy) is 1. The molecule has 37 heavy (non-hydrogen) atoms. The van der Waals surface area contributed by atoms with Gasteiger partial charge < -0.3 is 19.6 Å². The first-order valence-electron chi connectivity index (χ1n) is 12.6. The molecule has 0 saturated carbocycles. The Morgan fingerprint density at radius 3 is 2.24 bits per heavy atom. The highest BCUT2D eigenvalue weighted by Gasteiger charge is 2.35. The van der Waals surface area contributed by atoms with Gasteiger partial charge in [0.2, 0.25) is 5.91 Å². The Balaban J connectivity index is 1.42. The molecule has 9 nitrogen and oxygen atoms in total. The van der Waals surface area contributed by atoms with E-state index in [1.807, 2.05) is 29.2 Å². The van der Waals surface area contributed by atoms with Crippen LogP contribution in [-0.4, -0.2) is 52.9 Å². The summed E-state index contributed by atoms with van der Waals surface area (Å²) in [7, 11) is 1.56. The molecule has 1 saturated heterocycles. The Morgan fingerprint density at radius 2 is 1.65 bits per heavy atom. The van der Waals surface area contributed by atoms with E-state index >= 15 is 0 Å². The quantitative estimate of drug-likeness (QED) is 0.516. The number of benzene rings is 2. The summed E-state index contributed by atoms with van der Waals surface area (Å²) in [5.74, 6) is -0.243. The van der Waals surface area contributed by atoms with Crippen LogP contribution in [0.25, 0.3) is 5.69 Å². The van der Waals surface area contributed by atoms with Gasteiger partial charge in [0.1, 0.15) is 11.4 Å². The van der Waals surface area contributed by atoms with E-state index in [1.54, 1.807) is 36.3 Å². The first-order chi connectivity index (χ1) is 17.9. The lowest BCUT2D eigenvalue weighted by Gasteiger charge is -2.32. The van der Waals surface area contributed by atoms with E-state index < -0.39 is 5.97 Å². The minimum absolute atomic E-state index is 0.112. The largest absolute Gasteiger partial charge is 0.497 e. The second-order valence-corrected chi connectivity index (χ2v) is 9.51. The molecule has 2 aromatic carbocycles. The van der Waals surface area contributed by atoms with Gasteiger partial charge in [0.15, 0.2) is 5.69 Å². The molecule has 0 bridgehead atoms. The second kappa shape index (κ2) is 10.1. The zero-order valence-corrected chi connectivity index (χ0v) is 21.0. The Labute approximate surface area is 215 Å². The molecule has 1 unspecified atom stereocenters. The third-order valence-corrected chi connectivity index (χ3v) is 7.23. The number of hydrogen-bond donors (Lipinski definition) is 1. The average Bonchev–Trinajstić information content (AvgIpc) is 3.31. The molecule has 2 aliphatic rings. The van der Waals surface area contributed by atoms with E-state index in [9.17, 15) is 19.5 Å². The topological polar surface area (TPSA) is 105 Å². The maximum absolute atomic E-state index is 13.7. The van der Waals surface area contributed by atoms with E-state index in [0.29, 0.717) is 54.5 Å². The van der Waals surface area contributed by atoms with Crippen LogP contribution in [0.3, 0.4) is 0 Å². The predicted molar refractivity (Wildman–Crippen MR) is 139 cm³/mol. The molecule has 192 valence electrons. The maximum atomic E-state index is 13.7. The first kappa shape index (κ1) is 24.5.